The Morgan fingerprint density at radius 2 is 1.69 bits per heavy atom. The van der Waals surface area contributed by atoms with Gasteiger partial charge < -0.3 is 25.3 Å². The number of hydrogen-bond donors (Lipinski definition) is 3. The van der Waals surface area contributed by atoms with Gasteiger partial charge in [0.15, 0.2) is 11.5 Å². The lowest BCUT2D eigenvalue weighted by Gasteiger charge is -2.41. The zero-order valence-electron chi connectivity index (χ0n) is 24.3. The highest BCUT2D eigenvalue weighted by Gasteiger charge is 2.39. The summed E-state index contributed by atoms with van der Waals surface area (Å²) in [4.78, 5) is 42.9. The number of nitrogens with zero attached hydrogens (tertiary/aromatic N) is 5. The van der Waals surface area contributed by atoms with Gasteiger partial charge in [-0.3, -0.25) is 9.59 Å². The number of amides is 2. The lowest BCUT2D eigenvalue weighted by atomic mass is 9.88. The average molecular weight is 633 g/mol. The Morgan fingerprint density at radius 3 is 2.40 bits per heavy atom. The minimum Gasteiger partial charge on any atom is -0.478 e. The summed E-state index contributed by atoms with van der Waals surface area (Å²) in [5, 5.41) is 30.4. The number of aromatic nitrogens is 3. The number of hydrogen-bond acceptors (Lipinski definition) is 7. The van der Waals surface area contributed by atoms with Crippen LogP contribution < -0.4 is 10.2 Å². The molecular weight excluding hydrogens is 603 g/mol. The summed E-state index contributed by atoms with van der Waals surface area (Å²) in [6.07, 6.45) is 2.95. The van der Waals surface area contributed by atoms with Crippen LogP contribution in [0.5, 0.6) is 0 Å². The number of carboxylic acids is 1. The third-order valence-electron chi connectivity index (χ3n) is 8.38. The second-order valence-electron chi connectivity index (χ2n) is 11.5. The average Bonchev–Trinajstić information content (AvgIpc) is 3.51. The van der Waals surface area contributed by atoms with Gasteiger partial charge in [0.25, 0.3) is 11.8 Å². The molecular formula is C32H30ClFN6O5. The Kier molecular flexibility index (Phi) is 8.02. The standard InChI is InChI=1S/C32H30ClFN6O5/c1-32(45)13-16-38(17-14-32)25-6-2-4-22-21(25)12-15-39(28(22)29(41)35-20-10-8-19(9-11-20)31(43)44)30(42)24-18-40(37-36-24)26-7-3-5-23(33)27(26)34/h2-11,18,28,45H,12-17H2,1H3,(H,35,41)(H,43,44). The first kappa shape index (κ1) is 30.2. The van der Waals surface area contributed by atoms with Crippen LogP contribution >= 0.6 is 11.6 Å². The van der Waals surface area contributed by atoms with Crippen molar-refractivity contribution in [1.82, 2.24) is 19.9 Å². The summed E-state index contributed by atoms with van der Waals surface area (Å²) in [6.45, 7) is 3.29. The zero-order chi connectivity index (χ0) is 31.9. The van der Waals surface area contributed by atoms with Crippen molar-refractivity contribution in [2.24, 2.45) is 0 Å². The van der Waals surface area contributed by atoms with Gasteiger partial charge >= 0.3 is 5.97 Å². The van der Waals surface area contributed by atoms with Crippen molar-refractivity contribution in [2.75, 3.05) is 29.9 Å². The van der Waals surface area contributed by atoms with E-state index in [0.29, 0.717) is 43.6 Å². The summed E-state index contributed by atoms with van der Waals surface area (Å²) in [6, 6.07) is 14.7. The molecule has 45 heavy (non-hydrogen) atoms. The van der Waals surface area contributed by atoms with Crippen molar-refractivity contribution in [1.29, 1.82) is 0 Å². The van der Waals surface area contributed by atoms with Crippen molar-refractivity contribution in [3.63, 3.8) is 0 Å². The molecule has 0 aliphatic carbocycles. The molecule has 1 fully saturated rings. The summed E-state index contributed by atoms with van der Waals surface area (Å²) in [5.74, 6) is -2.88. The highest BCUT2D eigenvalue weighted by Crippen LogP contribution is 2.38. The molecule has 232 valence electrons. The van der Waals surface area contributed by atoms with E-state index < -0.39 is 35.2 Å². The quantitative estimate of drug-likeness (QED) is 0.283. The maximum Gasteiger partial charge on any atom is 0.335 e. The SMILES string of the molecule is CC1(O)CCN(c2cccc3c2CCN(C(=O)c2cn(-c4cccc(Cl)c4F)nn2)C3C(=O)Nc2ccc(C(=O)O)cc2)CC1. The number of halogens is 2. The molecule has 11 nitrogen and oxygen atoms in total. The molecule has 3 aromatic carbocycles. The fraction of sp³-hybridized carbons (Fsp3) is 0.281. The van der Waals surface area contributed by atoms with Crippen molar-refractivity contribution in [3.8, 4) is 5.69 Å². The number of aliphatic hydroxyl groups is 1. The Balaban J connectivity index is 1.35. The minimum absolute atomic E-state index is 0.0160. The molecule has 0 radical (unpaired) electrons. The van der Waals surface area contributed by atoms with Crippen LogP contribution in [-0.4, -0.2) is 73.1 Å². The van der Waals surface area contributed by atoms with Crippen LogP contribution in [0.2, 0.25) is 5.02 Å². The number of benzene rings is 3. The molecule has 3 heterocycles. The molecule has 0 spiro atoms. The van der Waals surface area contributed by atoms with E-state index in [9.17, 15) is 29.0 Å². The highest BCUT2D eigenvalue weighted by molar-refractivity contribution is 6.30. The van der Waals surface area contributed by atoms with E-state index in [4.69, 9.17) is 11.6 Å². The Morgan fingerprint density at radius 1 is 1.00 bits per heavy atom. The fourth-order valence-corrected chi connectivity index (χ4v) is 6.05. The van der Waals surface area contributed by atoms with E-state index in [2.05, 4.69) is 20.5 Å². The second kappa shape index (κ2) is 11.9. The van der Waals surface area contributed by atoms with Gasteiger partial charge in [-0.1, -0.05) is 35.0 Å². The molecule has 2 amide bonds. The molecule has 13 heteroatoms. The third kappa shape index (κ3) is 5.98. The molecule has 2 aliphatic rings. The predicted molar refractivity (Wildman–Crippen MR) is 164 cm³/mol. The maximum atomic E-state index is 14.7. The Bertz CT molecular complexity index is 1780. The van der Waals surface area contributed by atoms with E-state index in [1.54, 1.807) is 6.07 Å². The van der Waals surface area contributed by atoms with Crippen LogP contribution in [0.15, 0.2) is 66.9 Å². The third-order valence-corrected chi connectivity index (χ3v) is 8.67. The summed E-state index contributed by atoms with van der Waals surface area (Å²) < 4.78 is 15.8. The number of nitrogens with one attached hydrogen (secondary N) is 1. The van der Waals surface area contributed by atoms with Crippen molar-refractivity contribution in [3.05, 3.63) is 100 Å². The van der Waals surface area contributed by atoms with E-state index in [0.717, 1.165) is 15.9 Å². The first-order valence-electron chi connectivity index (χ1n) is 14.4. The molecule has 1 saturated heterocycles. The van der Waals surface area contributed by atoms with Gasteiger partial charge in [-0.15, -0.1) is 5.10 Å². The number of carbonyl (C=O) groups excluding carboxylic acids is 2. The van der Waals surface area contributed by atoms with E-state index in [-0.39, 0.29) is 28.5 Å². The molecule has 2 aliphatic heterocycles. The molecule has 3 N–H and O–H groups in total. The van der Waals surface area contributed by atoms with Gasteiger partial charge in [-0.2, -0.15) is 0 Å². The van der Waals surface area contributed by atoms with Crippen LogP contribution in [-0.2, 0) is 11.2 Å². The number of aromatic carboxylic acids is 1. The number of fused-ring (bicyclic) bond motifs is 1. The van der Waals surface area contributed by atoms with Crippen molar-refractivity contribution in [2.45, 2.75) is 37.8 Å². The number of carboxylic acid groups (broad SMARTS) is 1. The van der Waals surface area contributed by atoms with Gasteiger partial charge in [0.05, 0.1) is 22.4 Å². The van der Waals surface area contributed by atoms with Crippen LogP contribution in [0.4, 0.5) is 15.8 Å². The number of rotatable bonds is 6. The van der Waals surface area contributed by atoms with Gasteiger partial charge in [-0.05, 0) is 79.8 Å². The number of piperidine rings is 1. The molecule has 0 bridgehead atoms. The zero-order valence-corrected chi connectivity index (χ0v) is 25.0. The normalized spacial score (nSPS) is 17.5. The Labute approximate surface area is 262 Å². The molecule has 6 rings (SSSR count). The van der Waals surface area contributed by atoms with Crippen molar-refractivity contribution < 1.29 is 29.0 Å². The molecule has 0 saturated carbocycles. The summed E-state index contributed by atoms with van der Waals surface area (Å²) >= 11 is 5.93. The smallest absolute Gasteiger partial charge is 0.335 e. The van der Waals surface area contributed by atoms with E-state index in [1.165, 1.54) is 47.5 Å². The molecule has 1 aromatic heterocycles. The highest BCUT2D eigenvalue weighted by atomic mass is 35.5. The lowest BCUT2D eigenvalue weighted by Crippen LogP contribution is -2.47. The van der Waals surface area contributed by atoms with Crippen LogP contribution in [0.3, 0.4) is 0 Å². The molecule has 1 unspecified atom stereocenters. The van der Waals surface area contributed by atoms with Crippen LogP contribution in [0.25, 0.3) is 5.69 Å². The van der Waals surface area contributed by atoms with Gasteiger partial charge in [0, 0.05) is 31.0 Å². The largest absolute Gasteiger partial charge is 0.478 e. The topological polar surface area (TPSA) is 141 Å². The van der Waals surface area contributed by atoms with E-state index in [1.807, 2.05) is 25.1 Å². The predicted octanol–water partition coefficient (Wildman–Crippen LogP) is 4.49. The minimum atomic E-state index is -1.09. The van der Waals surface area contributed by atoms with Crippen LogP contribution in [0.1, 0.15) is 57.8 Å². The molecule has 1 atom stereocenters. The fourth-order valence-electron chi connectivity index (χ4n) is 5.88. The molecule has 4 aromatic rings. The first-order chi connectivity index (χ1) is 21.5. The monoisotopic (exact) mass is 632 g/mol. The summed E-state index contributed by atoms with van der Waals surface area (Å²) in [7, 11) is 0. The first-order valence-corrected chi connectivity index (χ1v) is 14.8. The number of carbonyl (C=O) groups is 3. The second-order valence-corrected chi connectivity index (χ2v) is 11.9. The van der Waals surface area contributed by atoms with Gasteiger partial charge in [-0.25, -0.2) is 13.9 Å². The Hall–Kier alpha value is -4.81. The van der Waals surface area contributed by atoms with Gasteiger partial charge in [0.1, 0.15) is 11.7 Å². The number of anilines is 2. The van der Waals surface area contributed by atoms with Crippen LogP contribution in [0, 0.1) is 5.82 Å². The van der Waals surface area contributed by atoms with Gasteiger partial charge in [0.2, 0.25) is 0 Å². The maximum absolute atomic E-state index is 14.7. The van der Waals surface area contributed by atoms with Crippen molar-refractivity contribution >= 4 is 40.8 Å². The summed E-state index contributed by atoms with van der Waals surface area (Å²) in [5.41, 5.74) is 2.13. The lowest BCUT2D eigenvalue weighted by molar-refractivity contribution is -0.121. The van der Waals surface area contributed by atoms with E-state index >= 15 is 0 Å².